The first-order chi connectivity index (χ1) is 9.17. The van der Waals surface area contributed by atoms with Crippen LogP contribution in [0.25, 0.3) is 0 Å². The molecule has 0 radical (unpaired) electrons. The average Bonchev–Trinajstić information content (AvgIpc) is 2.37. The first-order valence-electron chi connectivity index (χ1n) is 6.79. The van der Waals surface area contributed by atoms with Crippen molar-refractivity contribution in [2.24, 2.45) is 5.73 Å². The number of anilines is 1. The minimum atomic E-state index is -0.0591. The van der Waals surface area contributed by atoms with Crippen LogP contribution in [-0.4, -0.2) is 25.7 Å². The van der Waals surface area contributed by atoms with Gasteiger partial charge >= 0.3 is 0 Å². The van der Waals surface area contributed by atoms with Crippen molar-refractivity contribution in [3.8, 4) is 0 Å². The summed E-state index contributed by atoms with van der Waals surface area (Å²) in [5, 5.41) is 2.93. The van der Waals surface area contributed by atoms with Crippen molar-refractivity contribution in [3.63, 3.8) is 0 Å². The summed E-state index contributed by atoms with van der Waals surface area (Å²) >= 11 is 0. The molecule has 0 aliphatic heterocycles. The van der Waals surface area contributed by atoms with Crippen molar-refractivity contribution in [1.29, 1.82) is 0 Å². The molecule has 0 heterocycles. The fraction of sp³-hybridized carbons (Fsp3) is 0.533. The van der Waals surface area contributed by atoms with Crippen molar-refractivity contribution in [1.82, 2.24) is 0 Å². The maximum Gasteiger partial charge on any atom is 0.225 e. The van der Waals surface area contributed by atoms with Gasteiger partial charge in [0.15, 0.2) is 0 Å². The van der Waals surface area contributed by atoms with Gasteiger partial charge in [0.1, 0.15) is 0 Å². The van der Waals surface area contributed by atoms with Gasteiger partial charge in [0, 0.05) is 25.3 Å². The van der Waals surface area contributed by atoms with E-state index < -0.39 is 0 Å². The molecule has 4 nitrogen and oxygen atoms in total. The lowest BCUT2D eigenvalue weighted by atomic mass is 10.1. The summed E-state index contributed by atoms with van der Waals surface area (Å²) in [6.45, 7) is 2.71. The van der Waals surface area contributed by atoms with E-state index in [1.54, 1.807) is 7.11 Å². The predicted octanol–water partition coefficient (Wildman–Crippen LogP) is 2.33. The Morgan fingerprint density at radius 1 is 1.42 bits per heavy atom. The number of amides is 1. The molecule has 3 N–H and O–H groups in total. The number of nitrogens with one attached hydrogen (secondary N) is 1. The quantitative estimate of drug-likeness (QED) is 0.757. The largest absolute Gasteiger partial charge is 0.384 e. The second kappa shape index (κ2) is 8.67. The standard InChI is InChI=1S/C15H24N2O2/c1-3-6-13(16)11-15(18)17-14-8-5-4-7-12(14)9-10-19-2/h4-5,7-8,13H,3,6,9-11,16H2,1-2H3,(H,17,18). The molecule has 106 valence electrons. The zero-order valence-corrected chi connectivity index (χ0v) is 11.8. The Kier molecular flexibility index (Phi) is 7.15. The van der Waals surface area contributed by atoms with Gasteiger partial charge < -0.3 is 15.8 Å². The fourth-order valence-electron chi connectivity index (χ4n) is 1.98. The highest BCUT2D eigenvalue weighted by molar-refractivity contribution is 5.91. The van der Waals surface area contributed by atoms with Gasteiger partial charge in [-0.15, -0.1) is 0 Å². The summed E-state index contributed by atoms with van der Waals surface area (Å²) in [5.74, 6) is -0.0224. The summed E-state index contributed by atoms with van der Waals surface area (Å²) in [7, 11) is 1.67. The van der Waals surface area contributed by atoms with E-state index in [4.69, 9.17) is 10.5 Å². The lowest BCUT2D eigenvalue weighted by Crippen LogP contribution is -2.27. The minimum Gasteiger partial charge on any atom is -0.384 e. The van der Waals surface area contributed by atoms with E-state index in [1.165, 1.54) is 0 Å². The fourth-order valence-corrected chi connectivity index (χ4v) is 1.98. The third kappa shape index (κ3) is 5.85. The van der Waals surface area contributed by atoms with Crippen LogP contribution in [0.3, 0.4) is 0 Å². The van der Waals surface area contributed by atoms with Crippen LogP contribution in [-0.2, 0) is 16.0 Å². The van der Waals surface area contributed by atoms with Crippen LogP contribution in [0.1, 0.15) is 31.7 Å². The van der Waals surface area contributed by atoms with Crippen LogP contribution in [0.5, 0.6) is 0 Å². The maximum atomic E-state index is 11.9. The van der Waals surface area contributed by atoms with Gasteiger partial charge in [-0.1, -0.05) is 31.5 Å². The molecule has 1 unspecified atom stereocenters. The number of nitrogens with two attached hydrogens (primary N) is 1. The molecule has 0 bridgehead atoms. The average molecular weight is 264 g/mol. The minimum absolute atomic E-state index is 0.0224. The second-order valence-corrected chi connectivity index (χ2v) is 4.70. The molecule has 19 heavy (non-hydrogen) atoms. The van der Waals surface area contributed by atoms with Gasteiger partial charge in [0.2, 0.25) is 5.91 Å². The highest BCUT2D eigenvalue weighted by Gasteiger charge is 2.10. The molecule has 0 spiro atoms. The SMILES string of the molecule is CCCC(N)CC(=O)Nc1ccccc1CCOC. The van der Waals surface area contributed by atoms with Crippen LogP contribution in [0.2, 0.25) is 0 Å². The number of para-hydroxylation sites is 1. The first kappa shape index (κ1) is 15.7. The highest BCUT2D eigenvalue weighted by atomic mass is 16.5. The van der Waals surface area contributed by atoms with E-state index >= 15 is 0 Å². The zero-order chi connectivity index (χ0) is 14.1. The highest BCUT2D eigenvalue weighted by Crippen LogP contribution is 2.16. The molecule has 1 aromatic carbocycles. The molecule has 0 fully saturated rings. The van der Waals surface area contributed by atoms with Gasteiger partial charge in [0.25, 0.3) is 0 Å². The van der Waals surface area contributed by atoms with E-state index in [-0.39, 0.29) is 11.9 Å². The van der Waals surface area contributed by atoms with Crippen molar-refractivity contribution < 1.29 is 9.53 Å². The number of ether oxygens (including phenoxy) is 1. The zero-order valence-electron chi connectivity index (χ0n) is 11.8. The first-order valence-corrected chi connectivity index (χ1v) is 6.79. The molecular formula is C15H24N2O2. The topological polar surface area (TPSA) is 64.4 Å². The van der Waals surface area contributed by atoms with E-state index in [2.05, 4.69) is 12.2 Å². The van der Waals surface area contributed by atoms with Gasteiger partial charge in [-0.3, -0.25) is 4.79 Å². The molecule has 0 aliphatic carbocycles. The van der Waals surface area contributed by atoms with Crippen molar-refractivity contribution >= 4 is 11.6 Å². The predicted molar refractivity (Wildman–Crippen MR) is 78.2 cm³/mol. The molecule has 1 atom stereocenters. The van der Waals surface area contributed by atoms with E-state index in [1.807, 2.05) is 24.3 Å². The molecule has 1 amide bonds. The number of carbonyl (C=O) groups is 1. The lowest BCUT2D eigenvalue weighted by Gasteiger charge is -2.13. The summed E-state index contributed by atoms with van der Waals surface area (Å²) in [6.07, 6.45) is 3.03. The van der Waals surface area contributed by atoms with E-state index in [9.17, 15) is 4.79 Å². The molecule has 0 saturated heterocycles. The van der Waals surface area contributed by atoms with Crippen molar-refractivity contribution in [2.45, 2.75) is 38.6 Å². The van der Waals surface area contributed by atoms with Crippen molar-refractivity contribution in [2.75, 3.05) is 19.0 Å². The molecule has 0 aliphatic rings. The summed E-state index contributed by atoms with van der Waals surface area (Å²) in [6, 6.07) is 7.73. The Hall–Kier alpha value is -1.39. The Bertz CT molecular complexity index is 393. The maximum absolute atomic E-state index is 11.9. The van der Waals surface area contributed by atoms with E-state index in [0.717, 1.165) is 30.5 Å². The third-order valence-corrected chi connectivity index (χ3v) is 2.97. The Balaban J connectivity index is 2.58. The normalized spacial score (nSPS) is 12.2. The van der Waals surface area contributed by atoms with Gasteiger partial charge in [0.05, 0.1) is 6.61 Å². The van der Waals surface area contributed by atoms with E-state index in [0.29, 0.717) is 13.0 Å². The molecule has 4 heteroatoms. The smallest absolute Gasteiger partial charge is 0.225 e. The van der Waals surface area contributed by atoms with Crippen LogP contribution in [0, 0.1) is 0 Å². The van der Waals surface area contributed by atoms with Crippen LogP contribution in [0.15, 0.2) is 24.3 Å². The molecule has 0 aromatic heterocycles. The number of benzene rings is 1. The van der Waals surface area contributed by atoms with Gasteiger partial charge in [-0.2, -0.15) is 0 Å². The second-order valence-electron chi connectivity index (χ2n) is 4.70. The number of carbonyl (C=O) groups excluding carboxylic acids is 1. The van der Waals surface area contributed by atoms with Gasteiger partial charge in [-0.05, 0) is 24.5 Å². The number of hydrogen-bond acceptors (Lipinski definition) is 3. The van der Waals surface area contributed by atoms with Crippen LogP contribution in [0.4, 0.5) is 5.69 Å². The lowest BCUT2D eigenvalue weighted by molar-refractivity contribution is -0.116. The third-order valence-electron chi connectivity index (χ3n) is 2.97. The Morgan fingerprint density at radius 3 is 2.84 bits per heavy atom. The van der Waals surface area contributed by atoms with Gasteiger partial charge in [-0.25, -0.2) is 0 Å². The monoisotopic (exact) mass is 264 g/mol. The number of rotatable bonds is 8. The number of methoxy groups -OCH3 is 1. The Labute approximate surface area is 115 Å². The summed E-state index contributed by atoms with van der Waals surface area (Å²) in [5.41, 5.74) is 7.82. The molecule has 1 aromatic rings. The Morgan fingerprint density at radius 2 is 2.16 bits per heavy atom. The molecular weight excluding hydrogens is 240 g/mol. The molecule has 1 rings (SSSR count). The summed E-state index contributed by atoms with van der Waals surface area (Å²) < 4.78 is 5.07. The van der Waals surface area contributed by atoms with Crippen LogP contribution < -0.4 is 11.1 Å². The number of hydrogen-bond donors (Lipinski definition) is 2. The molecule has 0 saturated carbocycles. The summed E-state index contributed by atoms with van der Waals surface area (Å²) in [4.78, 5) is 11.9. The van der Waals surface area contributed by atoms with Crippen molar-refractivity contribution in [3.05, 3.63) is 29.8 Å². The van der Waals surface area contributed by atoms with Crippen LogP contribution >= 0.6 is 0 Å².